The minimum atomic E-state index is -0.423. The number of hydrogen-bond acceptors (Lipinski definition) is 6. The standard InChI is InChI=1S/C30H25N5O3/c31-17-25-24(20-9-6-10-21(15-20)30(38)33-22-13-14-32-18-22)16-26(23-11-4-5-12-27(23)36)34-28(25)35-29(37)19-7-2-1-3-8-19/h1-12,15-16,22,32,36H,13-14,18H2,(H,33,38)(H,34,35,37). The largest absolute Gasteiger partial charge is 0.507 e. The first kappa shape index (κ1) is 24.7. The molecule has 2 amide bonds. The highest BCUT2D eigenvalue weighted by molar-refractivity contribution is 6.05. The van der Waals surface area contributed by atoms with E-state index in [1.807, 2.05) is 0 Å². The number of phenols is 1. The van der Waals surface area contributed by atoms with Crippen molar-refractivity contribution in [3.63, 3.8) is 0 Å². The molecule has 188 valence electrons. The number of phenolic OH excluding ortho intramolecular Hbond substituents is 1. The Balaban J connectivity index is 1.60. The first-order valence-corrected chi connectivity index (χ1v) is 12.3. The molecule has 1 saturated heterocycles. The van der Waals surface area contributed by atoms with Crippen molar-refractivity contribution in [1.29, 1.82) is 5.26 Å². The third-order valence-electron chi connectivity index (χ3n) is 6.41. The number of carbonyl (C=O) groups is 2. The summed E-state index contributed by atoms with van der Waals surface area (Å²) in [5.41, 5.74) is 2.89. The fourth-order valence-corrected chi connectivity index (χ4v) is 4.45. The topological polar surface area (TPSA) is 127 Å². The first-order valence-electron chi connectivity index (χ1n) is 12.3. The van der Waals surface area contributed by atoms with Crippen LogP contribution in [0.1, 0.15) is 32.7 Å². The van der Waals surface area contributed by atoms with Gasteiger partial charge in [0.05, 0.1) is 5.69 Å². The van der Waals surface area contributed by atoms with Crippen molar-refractivity contribution in [3.05, 3.63) is 102 Å². The summed E-state index contributed by atoms with van der Waals surface area (Å²) in [6, 6.07) is 26.2. The highest BCUT2D eigenvalue weighted by atomic mass is 16.3. The Morgan fingerprint density at radius 1 is 0.921 bits per heavy atom. The maximum atomic E-state index is 13.0. The summed E-state index contributed by atoms with van der Waals surface area (Å²) in [5.74, 6) is -0.557. The summed E-state index contributed by atoms with van der Waals surface area (Å²) >= 11 is 0. The van der Waals surface area contributed by atoms with E-state index in [0.29, 0.717) is 33.5 Å². The molecule has 5 rings (SSSR count). The Labute approximate surface area is 220 Å². The van der Waals surface area contributed by atoms with Gasteiger partial charge < -0.3 is 21.1 Å². The fraction of sp³-hybridized carbons (Fsp3) is 0.133. The number of aromatic hydroxyl groups is 1. The lowest BCUT2D eigenvalue weighted by Gasteiger charge is -2.15. The van der Waals surface area contributed by atoms with E-state index < -0.39 is 5.91 Å². The molecule has 1 unspecified atom stereocenters. The van der Waals surface area contributed by atoms with Crippen LogP contribution in [0, 0.1) is 11.3 Å². The Morgan fingerprint density at radius 3 is 2.42 bits per heavy atom. The first-order chi connectivity index (χ1) is 18.5. The van der Waals surface area contributed by atoms with Gasteiger partial charge in [-0.3, -0.25) is 9.59 Å². The number of rotatable bonds is 6. The van der Waals surface area contributed by atoms with Gasteiger partial charge in [-0.2, -0.15) is 5.26 Å². The van der Waals surface area contributed by atoms with Crippen LogP contribution in [-0.4, -0.2) is 41.0 Å². The number of nitrogens with zero attached hydrogens (tertiary/aromatic N) is 2. The third-order valence-corrected chi connectivity index (χ3v) is 6.41. The average molecular weight is 504 g/mol. The molecule has 8 nitrogen and oxygen atoms in total. The van der Waals surface area contributed by atoms with Gasteiger partial charge in [0.15, 0.2) is 5.82 Å². The molecule has 0 saturated carbocycles. The number of amides is 2. The number of carbonyl (C=O) groups excluding carboxylic acids is 2. The summed E-state index contributed by atoms with van der Waals surface area (Å²) in [6.45, 7) is 1.59. The fourth-order valence-electron chi connectivity index (χ4n) is 4.45. The predicted molar refractivity (Wildman–Crippen MR) is 145 cm³/mol. The van der Waals surface area contributed by atoms with Gasteiger partial charge in [-0.05, 0) is 61.0 Å². The normalized spacial score (nSPS) is 14.4. The van der Waals surface area contributed by atoms with E-state index in [4.69, 9.17) is 0 Å². The molecule has 0 spiro atoms. The summed E-state index contributed by atoms with van der Waals surface area (Å²) in [5, 5.41) is 29.7. The van der Waals surface area contributed by atoms with Gasteiger partial charge in [0.25, 0.3) is 11.8 Å². The second kappa shape index (κ2) is 10.9. The Bertz CT molecular complexity index is 1540. The van der Waals surface area contributed by atoms with Crippen LogP contribution in [0.5, 0.6) is 5.75 Å². The molecule has 8 heteroatoms. The van der Waals surface area contributed by atoms with E-state index in [1.165, 1.54) is 0 Å². The number of nitrogens with one attached hydrogen (secondary N) is 3. The van der Waals surface area contributed by atoms with Crippen LogP contribution < -0.4 is 16.0 Å². The number of hydrogen-bond donors (Lipinski definition) is 4. The quantitative estimate of drug-likeness (QED) is 0.310. The Kier molecular flexibility index (Phi) is 7.11. The SMILES string of the molecule is N#Cc1c(-c2cccc(C(=O)NC3CCNC3)c2)cc(-c2ccccc2O)nc1NC(=O)c1ccccc1. The molecule has 0 bridgehead atoms. The van der Waals surface area contributed by atoms with Gasteiger partial charge in [-0.25, -0.2) is 4.98 Å². The van der Waals surface area contributed by atoms with Crippen LogP contribution in [0.3, 0.4) is 0 Å². The molecule has 4 N–H and O–H groups in total. The monoisotopic (exact) mass is 503 g/mol. The zero-order valence-corrected chi connectivity index (χ0v) is 20.4. The van der Waals surface area contributed by atoms with Crippen molar-refractivity contribution in [1.82, 2.24) is 15.6 Å². The molecule has 1 atom stereocenters. The molecule has 3 aromatic carbocycles. The Morgan fingerprint density at radius 2 is 1.68 bits per heavy atom. The molecule has 4 aromatic rings. The van der Waals surface area contributed by atoms with Crippen molar-refractivity contribution in [2.75, 3.05) is 18.4 Å². The molecular formula is C30H25N5O3. The van der Waals surface area contributed by atoms with Gasteiger partial charge in [0.1, 0.15) is 17.4 Å². The molecule has 1 aromatic heterocycles. The molecule has 38 heavy (non-hydrogen) atoms. The maximum Gasteiger partial charge on any atom is 0.256 e. The Hall–Kier alpha value is -5.00. The molecular weight excluding hydrogens is 478 g/mol. The van der Waals surface area contributed by atoms with Crippen molar-refractivity contribution < 1.29 is 14.7 Å². The van der Waals surface area contributed by atoms with Gasteiger partial charge in [0, 0.05) is 34.8 Å². The highest BCUT2D eigenvalue weighted by Crippen LogP contribution is 2.35. The van der Waals surface area contributed by atoms with Gasteiger partial charge >= 0.3 is 0 Å². The minimum absolute atomic E-state index is 0.00861. The van der Waals surface area contributed by atoms with Crippen LogP contribution in [0.2, 0.25) is 0 Å². The molecule has 1 aliphatic rings. The zero-order chi connectivity index (χ0) is 26.5. The van der Waals surface area contributed by atoms with Gasteiger partial charge in [-0.15, -0.1) is 0 Å². The lowest BCUT2D eigenvalue weighted by Crippen LogP contribution is -2.36. The van der Waals surface area contributed by atoms with Crippen LogP contribution in [0.25, 0.3) is 22.4 Å². The second-order valence-corrected chi connectivity index (χ2v) is 8.97. The average Bonchev–Trinajstić information content (AvgIpc) is 3.46. The van der Waals surface area contributed by atoms with E-state index in [0.717, 1.165) is 19.5 Å². The number of para-hydroxylation sites is 1. The van der Waals surface area contributed by atoms with E-state index in [9.17, 15) is 20.0 Å². The van der Waals surface area contributed by atoms with Crippen LogP contribution in [0.4, 0.5) is 5.82 Å². The molecule has 2 heterocycles. The van der Waals surface area contributed by atoms with Crippen molar-refractivity contribution in [2.45, 2.75) is 12.5 Å². The second-order valence-electron chi connectivity index (χ2n) is 8.97. The molecule has 0 radical (unpaired) electrons. The highest BCUT2D eigenvalue weighted by Gasteiger charge is 2.21. The zero-order valence-electron chi connectivity index (χ0n) is 20.4. The minimum Gasteiger partial charge on any atom is -0.507 e. The lowest BCUT2D eigenvalue weighted by atomic mass is 9.96. The lowest BCUT2D eigenvalue weighted by molar-refractivity contribution is 0.0939. The van der Waals surface area contributed by atoms with E-state index in [1.54, 1.807) is 84.9 Å². The smallest absolute Gasteiger partial charge is 0.256 e. The van der Waals surface area contributed by atoms with Gasteiger partial charge in [-0.1, -0.05) is 42.5 Å². The van der Waals surface area contributed by atoms with Crippen LogP contribution in [0.15, 0.2) is 84.9 Å². The summed E-state index contributed by atoms with van der Waals surface area (Å²) in [6.07, 6.45) is 0.864. The summed E-state index contributed by atoms with van der Waals surface area (Å²) in [7, 11) is 0. The summed E-state index contributed by atoms with van der Waals surface area (Å²) < 4.78 is 0. The van der Waals surface area contributed by atoms with Crippen molar-refractivity contribution in [3.8, 4) is 34.2 Å². The molecule has 1 fully saturated rings. The molecule has 0 aliphatic carbocycles. The predicted octanol–water partition coefficient (Wildman–Crippen LogP) is 4.34. The van der Waals surface area contributed by atoms with E-state index >= 15 is 0 Å². The van der Waals surface area contributed by atoms with Crippen LogP contribution >= 0.6 is 0 Å². The van der Waals surface area contributed by atoms with Crippen LogP contribution in [-0.2, 0) is 0 Å². The number of pyridine rings is 1. The number of anilines is 1. The third kappa shape index (κ3) is 5.24. The van der Waals surface area contributed by atoms with Gasteiger partial charge in [0.2, 0.25) is 0 Å². The molecule has 1 aliphatic heterocycles. The van der Waals surface area contributed by atoms with Crippen molar-refractivity contribution in [2.24, 2.45) is 0 Å². The number of nitriles is 1. The number of benzene rings is 3. The van der Waals surface area contributed by atoms with Crippen molar-refractivity contribution >= 4 is 17.6 Å². The van der Waals surface area contributed by atoms with E-state index in [2.05, 4.69) is 27.0 Å². The van der Waals surface area contributed by atoms with E-state index in [-0.39, 0.29) is 29.1 Å². The summed E-state index contributed by atoms with van der Waals surface area (Å²) in [4.78, 5) is 30.5. The number of aromatic nitrogens is 1. The maximum absolute atomic E-state index is 13.0.